The highest BCUT2D eigenvalue weighted by Crippen LogP contribution is 2.37. The number of hydrogen-bond acceptors (Lipinski definition) is 2. The lowest BCUT2D eigenvalue weighted by atomic mass is 9.93. The molecule has 0 bridgehead atoms. The number of carbonyl (C=O) groups is 1. The smallest absolute Gasteiger partial charge is 0.247 e. The molecule has 2 nitrogen and oxygen atoms in total. The summed E-state index contributed by atoms with van der Waals surface area (Å²) in [5, 5.41) is 2.13. The molecule has 25 heavy (non-hydrogen) atoms. The van der Waals surface area contributed by atoms with Crippen LogP contribution in [0, 0.1) is 0 Å². The molecule has 0 saturated heterocycles. The number of hydrogen-bond donors (Lipinski definition) is 0. The summed E-state index contributed by atoms with van der Waals surface area (Å²) in [6, 6.07) is 22.4. The molecule has 0 fully saturated rings. The van der Waals surface area contributed by atoms with Crippen LogP contribution < -0.4 is 0 Å². The average Bonchev–Trinajstić information content (AvgIpc) is 3.15. The van der Waals surface area contributed by atoms with Crippen molar-refractivity contribution in [3.05, 3.63) is 99.8 Å². The molecule has 1 atom stereocenters. The van der Waals surface area contributed by atoms with Crippen LogP contribution in [0.4, 0.5) is 0 Å². The van der Waals surface area contributed by atoms with E-state index in [0.717, 1.165) is 18.5 Å². The Labute approximate surface area is 152 Å². The highest BCUT2D eigenvalue weighted by Gasteiger charge is 2.31. The van der Waals surface area contributed by atoms with Crippen molar-refractivity contribution in [2.45, 2.75) is 12.5 Å². The minimum Gasteiger partial charge on any atom is -0.328 e. The van der Waals surface area contributed by atoms with Crippen LogP contribution in [0.1, 0.15) is 27.6 Å². The van der Waals surface area contributed by atoms with E-state index in [2.05, 4.69) is 23.6 Å². The van der Waals surface area contributed by atoms with E-state index in [1.165, 1.54) is 16.0 Å². The molecule has 0 N–H and O–H groups in total. The first-order valence-corrected chi connectivity index (χ1v) is 9.36. The molecule has 0 unspecified atom stereocenters. The van der Waals surface area contributed by atoms with E-state index in [0.29, 0.717) is 0 Å². The molecule has 2 aromatic carbocycles. The van der Waals surface area contributed by atoms with E-state index >= 15 is 0 Å². The van der Waals surface area contributed by atoms with Crippen molar-refractivity contribution in [1.82, 2.24) is 4.90 Å². The lowest BCUT2D eigenvalue weighted by molar-refractivity contribution is -0.127. The minimum absolute atomic E-state index is 0.00382. The van der Waals surface area contributed by atoms with Crippen LogP contribution in [0.2, 0.25) is 0 Å². The molecule has 0 spiro atoms. The van der Waals surface area contributed by atoms with Gasteiger partial charge >= 0.3 is 0 Å². The van der Waals surface area contributed by atoms with Gasteiger partial charge in [0.25, 0.3) is 0 Å². The third-order valence-corrected chi connectivity index (χ3v) is 5.58. The summed E-state index contributed by atoms with van der Waals surface area (Å²) in [7, 11) is 0. The van der Waals surface area contributed by atoms with Gasteiger partial charge in [-0.2, -0.15) is 0 Å². The molecule has 1 aromatic heterocycles. The Morgan fingerprint density at radius 2 is 1.72 bits per heavy atom. The van der Waals surface area contributed by atoms with E-state index in [-0.39, 0.29) is 11.9 Å². The molecule has 124 valence electrons. The van der Waals surface area contributed by atoms with Crippen LogP contribution in [0.15, 0.2) is 78.2 Å². The fourth-order valence-corrected chi connectivity index (χ4v) is 4.28. The Kier molecular flexibility index (Phi) is 4.49. The summed E-state index contributed by atoms with van der Waals surface area (Å²) >= 11 is 1.79. The first-order chi connectivity index (χ1) is 12.3. The molecule has 3 aromatic rings. The van der Waals surface area contributed by atoms with Gasteiger partial charge < -0.3 is 4.90 Å². The fraction of sp³-hybridized carbons (Fsp3) is 0.136. The van der Waals surface area contributed by atoms with Gasteiger partial charge in [0.15, 0.2) is 0 Å². The van der Waals surface area contributed by atoms with E-state index in [1.807, 2.05) is 59.5 Å². The van der Waals surface area contributed by atoms with Gasteiger partial charge in [-0.1, -0.05) is 60.7 Å². The quantitative estimate of drug-likeness (QED) is 0.616. The van der Waals surface area contributed by atoms with Crippen molar-refractivity contribution in [3.8, 4) is 0 Å². The zero-order valence-corrected chi connectivity index (χ0v) is 14.7. The molecule has 0 aliphatic carbocycles. The molecule has 3 heteroatoms. The number of carbonyl (C=O) groups excluding carboxylic acids is 1. The topological polar surface area (TPSA) is 20.3 Å². The SMILES string of the molecule is O=C(/C=C/c1ccccc1)N1CCc2sccc2[C@H]1c1ccccc1. The van der Waals surface area contributed by atoms with Crippen molar-refractivity contribution < 1.29 is 4.79 Å². The van der Waals surface area contributed by atoms with Gasteiger partial charge in [-0.25, -0.2) is 0 Å². The third-order valence-electron chi connectivity index (χ3n) is 4.58. The van der Waals surface area contributed by atoms with Gasteiger partial charge in [-0.05, 0) is 40.6 Å². The Morgan fingerprint density at radius 3 is 2.48 bits per heavy atom. The second kappa shape index (κ2) is 7.08. The van der Waals surface area contributed by atoms with Crippen LogP contribution in [0.25, 0.3) is 6.08 Å². The van der Waals surface area contributed by atoms with Gasteiger partial charge in [-0.3, -0.25) is 4.79 Å². The molecule has 0 saturated carbocycles. The highest BCUT2D eigenvalue weighted by molar-refractivity contribution is 7.10. The molecular formula is C22H19NOS. The molecule has 0 radical (unpaired) electrons. The summed E-state index contributed by atoms with van der Waals surface area (Å²) in [6.45, 7) is 0.755. The van der Waals surface area contributed by atoms with Gasteiger partial charge in [0.1, 0.15) is 0 Å². The Balaban J connectivity index is 1.66. The standard InChI is InChI=1S/C22H19NOS/c24-21(12-11-17-7-3-1-4-8-17)23-15-13-20-19(14-16-25-20)22(23)18-9-5-2-6-10-18/h1-12,14,16,22H,13,15H2/b12-11+/t22-/m1/s1. The number of rotatable bonds is 3. The second-order valence-electron chi connectivity index (χ2n) is 6.14. The van der Waals surface area contributed by atoms with Gasteiger partial charge in [0, 0.05) is 17.5 Å². The van der Waals surface area contributed by atoms with Gasteiger partial charge in [-0.15, -0.1) is 11.3 Å². The maximum Gasteiger partial charge on any atom is 0.247 e. The number of benzene rings is 2. The molecule has 1 aliphatic rings. The van der Waals surface area contributed by atoms with E-state index in [1.54, 1.807) is 17.4 Å². The van der Waals surface area contributed by atoms with Crippen molar-refractivity contribution in [1.29, 1.82) is 0 Å². The van der Waals surface area contributed by atoms with Crippen LogP contribution in [0.3, 0.4) is 0 Å². The van der Waals surface area contributed by atoms with Crippen LogP contribution in [-0.2, 0) is 11.2 Å². The predicted octanol–water partition coefficient (Wildman–Crippen LogP) is 4.94. The number of fused-ring (bicyclic) bond motifs is 1. The molecule has 2 heterocycles. The van der Waals surface area contributed by atoms with E-state index in [4.69, 9.17) is 0 Å². The van der Waals surface area contributed by atoms with Gasteiger partial charge in [0.05, 0.1) is 6.04 Å². The Morgan fingerprint density at radius 1 is 1.00 bits per heavy atom. The fourth-order valence-electron chi connectivity index (χ4n) is 3.38. The lowest BCUT2D eigenvalue weighted by Crippen LogP contribution is -2.39. The normalized spacial score (nSPS) is 16.8. The summed E-state index contributed by atoms with van der Waals surface area (Å²) < 4.78 is 0. The monoisotopic (exact) mass is 345 g/mol. The van der Waals surface area contributed by atoms with Crippen LogP contribution >= 0.6 is 11.3 Å². The van der Waals surface area contributed by atoms with Gasteiger partial charge in [0.2, 0.25) is 5.91 Å². The largest absolute Gasteiger partial charge is 0.328 e. The summed E-state index contributed by atoms with van der Waals surface area (Å²) in [4.78, 5) is 16.3. The molecule has 4 rings (SSSR count). The summed E-state index contributed by atoms with van der Waals surface area (Å²) in [5.74, 6) is 0.0644. The predicted molar refractivity (Wildman–Crippen MR) is 103 cm³/mol. The van der Waals surface area contributed by atoms with E-state index < -0.39 is 0 Å². The first-order valence-electron chi connectivity index (χ1n) is 8.48. The van der Waals surface area contributed by atoms with Crippen molar-refractivity contribution in [2.75, 3.05) is 6.54 Å². The Bertz CT molecular complexity index is 883. The second-order valence-corrected chi connectivity index (χ2v) is 7.14. The minimum atomic E-state index is 0.00382. The first kappa shape index (κ1) is 15.9. The van der Waals surface area contributed by atoms with Crippen LogP contribution in [-0.4, -0.2) is 17.4 Å². The maximum absolute atomic E-state index is 12.9. The number of amides is 1. The molecular weight excluding hydrogens is 326 g/mol. The number of nitrogens with zero attached hydrogens (tertiary/aromatic N) is 1. The number of thiophene rings is 1. The average molecular weight is 345 g/mol. The highest BCUT2D eigenvalue weighted by atomic mass is 32.1. The maximum atomic E-state index is 12.9. The van der Waals surface area contributed by atoms with E-state index in [9.17, 15) is 4.79 Å². The van der Waals surface area contributed by atoms with Crippen molar-refractivity contribution in [2.24, 2.45) is 0 Å². The Hall–Kier alpha value is -2.65. The zero-order chi connectivity index (χ0) is 17.1. The molecule has 1 amide bonds. The van der Waals surface area contributed by atoms with Crippen molar-refractivity contribution >= 4 is 23.3 Å². The molecule has 1 aliphatic heterocycles. The zero-order valence-electron chi connectivity index (χ0n) is 13.8. The summed E-state index contributed by atoms with van der Waals surface area (Å²) in [6.07, 6.45) is 4.53. The summed E-state index contributed by atoms with van der Waals surface area (Å²) in [5.41, 5.74) is 3.48. The lowest BCUT2D eigenvalue weighted by Gasteiger charge is -2.35. The van der Waals surface area contributed by atoms with Crippen LogP contribution in [0.5, 0.6) is 0 Å². The van der Waals surface area contributed by atoms with Crippen molar-refractivity contribution in [3.63, 3.8) is 0 Å². The third kappa shape index (κ3) is 3.28.